The quantitative estimate of drug-likeness (QED) is 0.163. The normalized spacial score (nSPS) is 12.4. The van der Waals surface area contributed by atoms with Crippen LogP contribution in [0, 0.1) is 0 Å². The van der Waals surface area contributed by atoms with E-state index < -0.39 is 0 Å². The van der Waals surface area contributed by atoms with Crippen molar-refractivity contribution in [2.75, 3.05) is 26.2 Å². The van der Waals surface area contributed by atoms with Crippen LogP contribution in [0.15, 0.2) is 0 Å². The predicted octanol–water partition coefficient (Wildman–Crippen LogP) is 6.49. The monoisotopic (exact) mass is 413 g/mol. The zero-order valence-corrected chi connectivity index (χ0v) is 19.9. The molecule has 1 unspecified atom stereocenters. The fraction of sp³-hybridized carbons (Fsp3) is 0.960. The minimum absolute atomic E-state index is 0.0189. The van der Waals surface area contributed by atoms with Gasteiger partial charge in [0.15, 0.2) is 0 Å². The van der Waals surface area contributed by atoms with Crippen LogP contribution in [0.25, 0.3) is 0 Å². The number of rotatable bonds is 22. The van der Waals surface area contributed by atoms with E-state index in [1.165, 1.54) is 64.2 Å². The summed E-state index contributed by atoms with van der Waals surface area (Å²) in [5.41, 5.74) is 0. The van der Waals surface area contributed by atoms with Crippen molar-refractivity contribution in [1.29, 1.82) is 0 Å². The molecule has 0 aromatic carbocycles. The Hall–Kier alpha value is -0.610. The van der Waals surface area contributed by atoms with Gasteiger partial charge in [0.2, 0.25) is 0 Å². The van der Waals surface area contributed by atoms with Crippen molar-refractivity contribution < 1.29 is 14.6 Å². The largest absolute Gasteiger partial charge is 0.462 e. The molecule has 0 saturated heterocycles. The number of hydrogen-bond donors (Lipinski definition) is 1. The number of carbonyl (C=O) groups is 1. The number of ether oxygens (including phenoxy) is 1. The molecule has 0 bridgehead atoms. The summed E-state index contributed by atoms with van der Waals surface area (Å²) < 4.78 is 5.69. The molecule has 0 heterocycles. The fourth-order valence-electron chi connectivity index (χ4n) is 3.76. The smallest absolute Gasteiger partial charge is 0.306 e. The van der Waals surface area contributed by atoms with Crippen LogP contribution in [0.4, 0.5) is 0 Å². The summed E-state index contributed by atoms with van der Waals surface area (Å²) in [7, 11) is 0. The van der Waals surface area contributed by atoms with Crippen LogP contribution in [0.5, 0.6) is 0 Å². The first-order valence-electron chi connectivity index (χ1n) is 12.7. The van der Waals surface area contributed by atoms with Gasteiger partial charge >= 0.3 is 5.97 Å². The van der Waals surface area contributed by atoms with Gasteiger partial charge in [-0.1, -0.05) is 78.6 Å². The first-order valence-corrected chi connectivity index (χ1v) is 12.7. The maximum absolute atomic E-state index is 12.1. The van der Waals surface area contributed by atoms with Gasteiger partial charge in [-0.3, -0.25) is 4.79 Å². The van der Waals surface area contributed by atoms with E-state index in [0.29, 0.717) is 6.42 Å². The Bertz CT molecular complexity index is 349. The van der Waals surface area contributed by atoms with Crippen molar-refractivity contribution in [3.05, 3.63) is 0 Å². The molecule has 0 saturated carbocycles. The van der Waals surface area contributed by atoms with Crippen molar-refractivity contribution >= 4 is 5.97 Å². The van der Waals surface area contributed by atoms with Gasteiger partial charge in [0.25, 0.3) is 0 Å². The zero-order valence-electron chi connectivity index (χ0n) is 19.9. The van der Waals surface area contributed by atoms with E-state index in [-0.39, 0.29) is 18.7 Å². The fourth-order valence-corrected chi connectivity index (χ4v) is 3.76. The molecule has 0 aliphatic rings. The maximum Gasteiger partial charge on any atom is 0.306 e. The minimum atomic E-state index is -0.0189. The van der Waals surface area contributed by atoms with Crippen molar-refractivity contribution in [2.45, 2.75) is 130 Å². The second-order valence-corrected chi connectivity index (χ2v) is 8.51. The Labute approximate surface area is 181 Å². The summed E-state index contributed by atoms with van der Waals surface area (Å²) in [5, 5.41) is 9.23. The van der Waals surface area contributed by atoms with Crippen LogP contribution in [0.3, 0.4) is 0 Å². The van der Waals surface area contributed by atoms with Gasteiger partial charge in [-0.15, -0.1) is 0 Å². The molecule has 0 aliphatic heterocycles. The molecule has 0 rings (SSSR count). The van der Waals surface area contributed by atoms with Crippen molar-refractivity contribution in [2.24, 2.45) is 0 Å². The lowest BCUT2D eigenvalue weighted by atomic mass is 10.1. The van der Waals surface area contributed by atoms with Gasteiger partial charge in [0.05, 0.1) is 6.61 Å². The molecule has 29 heavy (non-hydrogen) atoms. The topological polar surface area (TPSA) is 49.8 Å². The maximum atomic E-state index is 12.1. The highest BCUT2D eigenvalue weighted by molar-refractivity contribution is 5.69. The predicted molar refractivity (Wildman–Crippen MR) is 124 cm³/mol. The standard InChI is InChI=1S/C25H51NO3/c1-4-7-9-11-12-14-18-24(6-3)29-25(28)19-15-13-17-21-26(22-23-27)20-16-10-8-5-2/h24,27H,4-23H2,1-3H3. The third-order valence-electron chi connectivity index (χ3n) is 5.73. The van der Waals surface area contributed by atoms with E-state index in [1.807, 2.05) is 0 Å². The minimum Gasteiger partial charge on any atom is -0.462 e. The molecule has 0 aromatic heterocycles. The summed E-state index contributed by atoms with van der Waals surface area (Å²) in [4.78, 5) is 14.5. The Morgan fingerprint density at radius 3 is 1.90 bits per heavy atom. The summed E-state index contributed by atoms with van der Waals surface area (Å²) in [5.74, 6) is -0.0189. The van der Waals surface area contributed by atoms with Crippen molar-refractivity contribution in [3.8, 4) is 0 Å². The Kier molecular flexibility index (Phi) is 21.6. The summed E-state index contributed by atoms with van der Waals surface area (Å²) in [6, 6.07) is 0. The molecule has 174 valence electrons. The van der Waals surface area contributed by atoms with Crippen LogP contribution >= 0.6 is 0 Å². The zero-order chi connectivity index (χ0) is 21.6. The lowest BCUT2D eigenvalue weighted by molar-refractivity contribution is -0.149. The Balaban J connectivity index is 3.77. The molecule has 4 heteroatoms. The molecular weight excluding hydrogens is 362 g/mol. The lowest BCUT2D eigenvalue weighted by Crippen LogP contribution is -2.29. The average molecular weight is 414 g/mol. The van der Waals surface area contributed by atoms with Crippen LogP contribution in [0.2, 0.25) is 0 Å². The van der Waals surface area contributed by atoms with Gasteiger partial charge in [-0.05, 0) is 51.6 Å². The summed E-state index contributed by atoms with van der Waals surface area (Å²) >= 11 is 0. The van der Waals surface area contributed by atoms with Gasteiger partial charge in [-0.25, -0.2) is 0 Å². The molecule has 0 amide bonds. The molecule has 4 nitrogen and oxygen atoms in total. The Morgan fingerprint density at radius 2 is 1.31 bits per heavy atom. The second-order valence-electron chi connectivity index (χ2n) is 8.51. The van der Waals surface area contributed by atoms with Gasteiger partial charge < -0.3 is 14.7 Å². The van der Waals surface area contributed by atoms with E-state index in [9.17, 15) is 9.90 Å². The number of carbonyl (C=O) groups excluding carboxylic acids is 1. The second kappa shape index (κ2) is 22.1. The van der Waals surface area contributed by atoms with Crippen LogP contribution in [-0.4, -0.2) is 48.3 Å². The van der Waals surface area contributed by atoms with Gasteiger partial charge in [-0.2, -0.15) is 0 Å². The highest BCUT2D eigenvalue weighted by Crippen LogP contribution is 2.14. The highest BCUT2D eigenvalue weighted by Gasteiger charge is 2.12. The van der Waals surface area contributed by atoms with E-state index in [2.05, 4.69) is 25.7 Å². The highest BCUT2D eigenvalue weighted by atomic mass is 16.5. The molecule has 0 fully saturated rings. The SMILES string of the molecule is CCCCCCCCC(CC)OC(=O)CCCCCN(CCO)CCCCCC. The number of unbranched alkanes of at least 4 members (excludes halogenated alkanes) is 10. The number of nitrogens with zero attached hydrogens (tertiary/aromatic N) is 1. The van der Waals surface area contributed by atoms with Crippen LogP contribution < -0.4 is 0 Å². The van der Waals surface area contributed by atoms with E-state index in [0.717, 1.165) is 51.7 Å². The molecule has 1 N–H and O–H groups in total. The molecule has 0 radical (unpaired) electrons. The van der Waals surface area contributed by atoms with Crippen LogP contribution in [-0.2, 0) is 9.53 Å². The van der Waals surface area contributed by atoms with Gasteiger partial charge in [0, 0.05) is 13.0 Å². The lowest BCUT2D eigenvalue weighted by Gasteiger charge is -2.21. The van der Waals surface area contributed by atoms with Crippen molar-refractivity contribution in [3.63, 3.8) is 0 Å². The molecule has 0 aliphatic carbocycles. The number of aliphatic hydroxyl groups is 1. The number of hydrogen-bond acceptors (Lipinski definition) is 4. The molecule has 0 aromatic rings. The molecular formula is C25H51NO3. The third kappa shape index (κ3) is 19.1. The van der Waals surface area contributed by atoms with E-state index >= 15 is 0 Å². The average Bonchev–Trinajstić information content (AvgIpc) is 2.72. The molecule has 0 spiro atoms. The Morgan fingerprint density at radius 1 is 0.759 bits per heavy atom. The number of esters is 1. The van der Waals surface area contributed by atoms with Gasteiger partial charge in [0.1, 0.15) is 6.10 Å². The first-order chi connectivity index (χ1) is 14.2. The van der Waals surface area contributed by atoms with Crippen molar-refractivity contribution in [1.82, 2.24) is 4.90 Å². The number of aliphatic hydroxyl groups excluding tert-OH is 1. The first kappa shape index (κ1) is 28.4. The summed E-state index contributed by atoms with van der Waals surface area (Å²) in [6.07, 6.45) is 18.4. The molecule has 1 atom stereocenters. The van der Waals surface area contributed by atoms with E-state index in [1.54, 1.807) is 0 Å². The van der Waals surface area contributed by atoms with Crippen LogP contribution in [0.1, 0.15) is 124 Å². The third-order valence-corrected chi connectivity index (χ3v) is 5.73. The van der Waals surface area contributed by atoms with E-state index in [4.69, 9.17) is 4.74 Å². The summed E-state index contributed by atoms with van der Waals surface area (Å²) in [6.45, 7) is 9.70.